The van der Waals surface area contributed by atoms with E-state index in [0.29, 0.717) is 11.1 Å². The number of benzene rings is 2. The van der Waals surface area contributed by atoms with Crippen LogP contribution in [0.2, 0.25) is 0 Å². The summed E-state index contributed by atoms with van der Waals surface area (Å²) >= 11 is 0. The molecule has 6 heteroatoms. The molecule has 2 amide bonds. The third-order valence-corrected chi connectivity index (χ3v) is 3.84. The van der Waals surface area contributed by atoms with Crippen molar-refractivity contribution in [3.8, 4) is 11.3 Å². The quantitative estimate of drug-likeness (QED) is 0.739. The molecule has 3 aromatic rings. The minimum atomic E-state index is -0.419. The largest absolute Gasteiger partial charge is 0.451 e. The zero-order chi connectivity index (χ0) is 18.5. The van der Waals surface area contributed by atoms with Gasteiger partial charge in [0.1, 0.15) is 11.6 Å². The average molecular weight is 352 g/mol. The predicted molar refractivity (Wildman–Crippen MR) is 95.1 cm³/mol. The minimum absolute atomic E-state index is 0.0886. The monoisotopic (exact) mass is 352 g/mol. The first-order valence-corrected chi connectivity index (χ1v) is 8.02. The molecule has 26 heavy (non-hydrogen) atoms. The first-order chi connectivity index (χ1) is 12.6. The summed E-state index contributed by atoms with van der Waals surface area (Å²) in [5, 5.41) is 5.27. The number of carbonyl (C=O) groups excluding carboxylic acids is 2. The maximum atomic E-state index is 13.8. The van der Waals surface area contributed by atoms with Gasteiger partial charge in [-0.15, -0.1) is 0 Å². The zero-order valence-electron chi connectivity index (χ0n) is 14.1. The van der Waals surface area contributed by atoms with Crippen molar-refractivity contribution in [1.29, 1.82) is 0 Å². The third kappa shape index (κ3) is 3.80. The molecule has 0 saturated carbocycles. The van der Waals surface area contributed by atoms with Crippen molar-refractivity contribution >= 4 is 11.8 Å². The maximum Gasteiger partial charge on any atom is 0.287 e. The highest BCUT2D eigenvalue weighted by atomic mass is 19.1. The standard InChI is InChI=1S/C20H17FN2O3/c1-22-19(24)14-6-4-5-13(11-14)12-23-20(25)18-10-9-17(26-18)15-7-2-3-8-16(15)21/h2-11H,12H2,1H3,(H,22,24)(H,23,25). The minimum Gasteiger partial charge on any atom is -0.451 e. The Labute approximate surface area is 149 Å². The molecule has 1 heterocycles. The number of furan rings is 1. The third-order valence-electron chi connectivity index (χ3n) is 3.84. The molecule has 3 rings (SSSR count). The van der Waals surface area contributed by atoms with Crippen molar-refractivity contribution < 1.29 is 18.4 Å². The second-order valence-corrected chi connectivity index (χ2v) is 5.61. The normalized spacial score (nSPS) is 10.4. The maximum absolute atomic E-state index is 13.8. The molecule has 0 aliphatic carbocycles. The van der Waals surface area contributed by atoms with Gasteiger partial charge in [0.2, 0.25) is 0 Å². The van der Waals surface area contributed by atoms with Crippen LogP contribution in [0.4, 0.5) is 4.39 Å². The van der Waals surface area contributed by atoms with E-state index in [0.717, 1.165) is 5.56 Å². The fraction of sp³-hybridized carbons (Fsp3) is 0.100. The van der Waals surface area contributed by atoms with E-state index < -0.39 is 11.7 Å². The molecular formula is C20H17FN2O3. The van der Waals surface area contributed by atoms with E-state index in [4.69, 9.17) is 4.42 Å². The summed E-state index contributed by atoms with van der Waals surface area (Å²) in [6.45, 7) is 0.236. The van der Waals surface area contributed by atoms with Crippen LogP contribution in [0.3, 0.4) is 0 Å². The number of hydrogen-bond acceptors (Lipinski definition) is 3. The fourth-order valence-corrected chi connectivity index (χ4v) is 2.50. The molecule has 0 aliphatic rings. The van der Waals surface area contributed by atoms with Crippen molar-refractivity contribution in [2.24, 2.45) is 0 Å². The van der Waals surface area contributed by atoms with Gasteiger partial charge in [-0.25, -0.2) is 4.39 Å². The molecule has 0 fully saturated rings. The molecule has 1 aromatic heterocycles. The van der Waals surface area contributed by atoms with Crippen molar-refractivity contribution in [3.05, 3.63) is 83.4 Å². The van der Waals surface area contributed by atoms with Crippen LogP contribution in [-0.2, 0) is 6.54 Å². The Kier molecular flexibility index (Phi) is 5.12. The van der Waals surface area contributed by atoms with Crippen LogP contribution in [0, 0.1) is 5.82 Å². The number of nitrogens with one attached hydrogen (secondary N) is 2. The molecule has 0 atom stereocenters. The Bertz CT molecular complexity index is 949. The van der Waals surface area contributed by atoms with E-state index in [2.05, 4.69) is 10.6 Å². The van der Waals surface area contributed by atoms with E-state index in [1.807, 2.05) is 0 Å². The Hall–Kier alpha value is -3.41. The lowest BCUT2D eigenvalue weighted by Gasteiger charge is -2.06. The smallest absolute Gasteiger partial charge is 0.287 e. The number of hydrogen-bond donors (Lipinski definition) is 2. The van der Waals surface area contributed by atoms with E-state index in [9.17, 15) is 14.0 Å². The summed E-state index contributed by atoms with van der Waals surface area (Å²) in [6.07, 6.45) is 0. The van der Waals surface area contributed by atoms with Crippen molar-refractivity contribution in [2.45, 2.75) is 6.54 Å². The van der Waals surface area contributed by atoms with Crippen LogP contribution in [0.25, 0.3) is 11.3 Å². The van der Waals surface area contributed by atoms with Gasteiger partial charge in [0.05, 0.1) is 5.56 Å². The van der Waals surface area contributed by atoms with Gasteiger partial charge < -0.3 is 15.1 Å². The van der Waals surface area contributed by atoms with Crippen molar-refractivity contribution in [2.75, 3.05) is 7.05 Å². The lowest BCUT2D eigenvalue weighted by atomic mass is 10.1. The fourth-order valence-electron chi connectivity index (χ4n) is 2.50. The second-order valence-electron chi connectivity index (χ2n) is 5.61. The Morgan fingerprint density at radius 2 is 1.81 bits per heavy atom. The summed E-state index contributed by atoms with van der Waals surface area (Å²) in [5.74, 6) is -0.655. The summed E-state index contributed by atoms with van der Waals surface area (Å²) in [7, 11) is 1.56. The summed E-state index contributed by atoms with van der Waals surface area (Å²) in [5.41, 5.74) is 1.59. The lowest BCUT2D eigenvalue weighted by molar-refractivity contribution is 0.0923. The van der Waals surface area contributed by atoms with E-state index in [-0.39, 0.29) is 24.0 Å². The molecule has 0 spiro atoms. The number of amides is 2. The molecule has 2 aromatic carbocycles. The van der Waals surface area contributed by atoms with Gasteiger partial charge in [0, 0.05) is 19.2 Å². The summed E-state index contributed by atoms with van der Waals surface area (Å²) in [4.78, 5) is 23.9. The van der Waals surface area contributed by atoms with Gasteiger partial charge in [-0.1, -0.05) is 24.3 Å². The molecule has 5 nitrogen and oxygen atoms in total. The van der Waals surface area contributed by atoms with Crippen LogP contribution in [0.5, 0.6) is 0 Å². The van der Waals surface area contributed by atoms with Gasteiger partial charge in [-0.3, -0.25) is 9.59 Å². The lowest BCUT2D eigenvalue weighted by Crippen LogP contribution is -2.23. The molecule has 0 radical (unpaired) electrons. The molecule has 0 saturated heterocycles. The Morgan fingerprint density at radius 1 is 1.00 bits per heavy atom. The van der Waals surface area contributed by atoms with Crippen LogP contribution >= 0.6 is 0 Å². The molecule has 0 bridgehead atoms. The molecule has 2 N–H and O–H groups in total. The van der Waals surface area contributed by atoms with Crippen LogP contribution in [0.1, 0.15) is 26.5 Å². The van der Waals surface area contributed by atoms with Crippen LogP contribution in [-0.4, -0.2) is 18.9 Å². The highest BCUT2D eigenvalue weighted by Crippen LogP contribution is 2.24. The zero-order valence-corrected chi connectivity index (χ0v) is 14.1. The van der Waals surface area contributed by atoms with Crippen molar-refractivity contribution in [1.82, 2.24) is 10.6 Å². The number of carbonyl (C=O) groups is 2. The van der Waals surface area contributed by atoms with Gasteiger partial charge in [-0.05, 0) is 42.0 Å². The van der Waals surface area contributed by atoms with Crippen molar-refractivity contribution in [3.63, 3.8) is 0 Å². The second kappa shape index (κ2) is 7.65. The van der Waals surface area contributed by atoms with Gasteiger partial charge >= 0.3 is 0 Å². The van der Waals surface area contributed by atoms with E-state index >= 15 is 0 Å². The first-order valence-electron chi connectivity index (χ1n) is 8.02. The molecule has 132 valence electrons. The SMILES string of the molecule is CNC(=O)c1cccc(CNC(=O)c2ccc(-c3ccccc3F)o2)c1. The first kappa shape index (κ1) is 17.4. The molecular weight excluding hydrogens is 335 g/mol. The Balaban J connectivity index is 1.68. The van der Waals surface area contributed by atoms with E-state index in [1.54, 1.807) is 55.6 Å². The predicted octanol–water partition coefficient (Wildman–Crippen LogP) is 3.38. The van der Waals surface area contributed by atoms with Gasteiger partial charge in [-0.2, -0.15) is 0 Å². The van der Waals surface area contributed by atoms with Gasteiger partial charge in [0.15, 0.2) is 5.76 Å². The highest BCUT2D eigenvalue weighted by Gasteiger charge is 2.14. The van der Waals surface area contributed by atoms with E-state index in [1.165, 1.54) is 12.1 Å². The molecule has 0 aliphatic heterocycles. The van der Waals surface area contributed by atoms with Gasteiger partial charge in [0.25, 0.3) is 11.8 Å². The topological polar surface area (TPSA) is 71.3 Å². The highest BCUT2D eigenvalue weighted by molar-refractivity contribution is 5.94. The summed E-state index contributed by atoms with van der Waals surface area (Å²) < 4.78 is 19.3. The van der Waals surface area contributed by atoms with Crippen LogP contribution < -0.4 is 10.6 Å². The van der Waals surface area contributed by atoms with Crippen LogP contribution in [0.15, 0.2) is 65.1 Å². The average Bonchev–Trinajstić information content (AvgIpc) is 3.16. The number of rotatable bonds is 5. The number of halogens is 1. The Morgan fingerprint density at radius 3 is 2.58 bits per heavy atom. The summed E-state index contributed by atoms with van der Waals surface area (Å²) in [6, 6.07) is 16.2. The molecule has 0 unspecified atom stereocenters.